The van der Waals surface area contributed by atoms with Crippen LogP contribution in [-0.4, -0.2) is 22.8 Å². The second-order valence-electron chi connectivity index (χ2n) is 5.05. The Kier molecular flexibility index (Phi) is 2.96. The summed E-state index contributed by atoms with van der Waals surface area (Å²) in [6, 6.07) is 5.83. The quantitative estimate of drug-likeness (QED) is 0.805. The molecule has 0 bridgehead atoms. The highest BCUT2D eigenvalue weighted by Gasteiger charge is 2.32. The molecule has 0 amide bonds. The molecule has 2 heterocycles. The molecule has 1 atom stereocenters. The van der Waals surface area contributed by atoms with Gasteiger partial charge in [0.15, 0.2) is 4.77 Å². The minimum atomic E-state index is -0.113. The Morgan fingerprint density at radius 2 is 2.33 bits per heavy atom. The average Bonchev–Trinajstić information content (AvgIpc) is 2.68. The van der Waals surface area contributed by atoms with Gasteiger partial charge < -0.3 is 14.3 Å². The van der Waals surface area contributed by atoms with Gasteiger partial charge in [0.05, 0.1) is 28.2 Å². The van der Waals surface area contributed by atoms with Gasteiger partial charge in [0.25, 0.3) is 0 Å². The Labute approximate surface area is 116 Å². The third-order valence-corrected chi connectivity index (χ3v) is 4.20. The van der Waals surface area contributed by atoms with Crippen LogP contribution in [0.4, 0.5) is 0 Å². The van der Waals surface area contributed by atoms with Crippen LogP contribution >= 0.6 is 23.8 Å². The van der Waals surface area contributed by atoms with Crippen molar-refractivity contribution >= 4 is 34.9 Å². The SMILES string of the molecule is CC1(n2c(=S)[nH]c3cccc(Cl)c32)CCCOC1. The molecule has 3 rings (SSSR count). The van der Waals surface area contributed by atoms with E-state index in [-0.39, 0.29) is 5.54 Å². The predicted molar refractivity (Wildman–Crippen MR) is 75.8 cm³/mol. The summed E-state index contributed by atoms with van der Waals surface area (Å²) in [5.74, 6) is 0. The van der Waals surface area contributed by atoms with Gasteiger partial charge in [-0.1, -0.05) is 17.7 Å². The molecule has 5 heteroatoms. The van der Waals surface area contributed by atoms with Crippen molar-refractivity contribution in [2.75, 3.05) is 13.2 Å². The largest absolute Gasteiger partial charge is 0.379 e. The third kappa shape index (κ3) is 1.79. The summed E-state index contributed by atoms with van der Waals surface area (Å²) in [5.41, 5.74) is 1.86. The highest BCUT2D eigenvalue weighted by atomic mass is 35.5. The van der Waals surface area contributed by atoms with Gasteiger partial charge in [-0.15, -0.1) is 0 Å². The topological polar surface area (TPSA) is 29.9 Å². The fourth-order valence-electron chi connectivity index (χ4n) is 2.73. The average molecular weight is 283 g/mol. The number of H-pyrrole nitrogens is 1. The number of rotatable bonds is 1. The van der Waals surface area contributed by atoms with Crippen LogP contribution in [0.1, 0.15) is 19.8 Å². The number of ether oxygens (including phenoxy) is 1. The molecule has 1 N–H and O–H groups in total. The number of nitrogens with zero attached hydrogens (tertiary/aromatic N) is 1. The zero-order valence-corrected chi connectivity index (χ0v) is 11.8. The summed E-state index contributed by atoms with van der Waals surface area (Å²) < 4.78 is 8.47. The van der Waals surface area contributed by atoms with E-state index in [1.54, 1.807) is 0 Å². The second-order valence-corrected chi connectivity index (χ2v) is 5.85. The van der Waals surface area contributed by atoms with Crippen LogP contribution < -0.4 is 0 Å². The Morgan fingerprint density at radius 3 is 3.06 bits per heavy atom. The lowest BCUT2D eigenvalue weighted by Gasteiger charge is -2.35. The fourth-order valence-corrected chi connectivity index (χ4v) is 3.41. The number of hydrogen-bond donors (Lipinski definition) is 1. The van der Waals surface area contributed by atoms with Crippen LogP contribution in [0.2, 0.25) is 5.02 Å². The van der Waals surface area contributed by atoms with E-state index in [1.165, 1.54) is 0 Å². The fraction of sp³-hybridized carbons (Fsp3) is 0.462. The van der Waals surface area contributed by atoms with Crippen molar-refractivity contribution in [3.63, 3.8) is 0 Å². The molecule has 1 unspecified atom stereocenters. The molecular weight excluding hydrogens is 268 g/mol. The molecule has 1 fully saturated rings. The van der Waals surface area contributed by atoms with E-state index in [4.69, 9.17) is 28.6 Å². The summed E-state index contributed by atoms with van der Waals surface area (Å²) in [6.45, 7) is 3.69. The number of fused-ring (bicyclic) bond motifs is 1. The second kappa shape index (κ2) is 4.37. The monoisotopic (exact) mass is 282 g/mol. The Hall–Kier alpha value is -0.840. The minimum absolute atomic E-state index is 0.113. The Morgan fingerprint density at radius 1 is 1.50 bits per heavy atom. The third-order valence-electron chi connectivity index (χ3n) is 3.61. The molecule has 1 aromatic carbocycles. The van der Waals surface area contributed by atoms with E-state index in [2.05, 4.69) is 16.5 Å². The van der Waals surface area contributed by atoms with Gasteiger partial charge in [0, 0.05) is 6.61 Å². The number of hydrogen-bond acceptors (Lipinski definition) is 2. The smallest absolute Gasteiger partial charge is 0.178 e. The molecule has 3 nitrogen and oxygen atoms in total. The maximum atomic E-state index is 6.33. The van der Waals surface area contributed by atoms with Crippen molar-refractivity contribution in [2.45, 2.75) is 25.3 Å². The number of aromatic nitrogens is 2. The van der Waals surface area contributed by atoms with Gasteiger partial charge in [-0.25, -0.2) is 0 Å². The first kappa shape index (κ1) is 12.2. The molecule has 1 saturated heterocycles. The first-order valence-electron chi connectivity index (χ1n) is 6.09. The van der Waals surface area contributed by atoms with Crippen LogP contribution in [0.15, 0.2) is 18.2 Å². The van der Waals surface area contributed by atoms with Crippen LogP contribution in [0.25, 0.3) is 11.0 Å². The highest BCUT2D eigenvalue weighted by Crippen LogP contribution is 2.33. The lowest BCUT2D eigenvalue weighted by atomic mass is 9.94. The molecule has 1 aliphatic rings. The minimum Gasteiger partial charge on any atom is -0.379 e. The maximum absolute atomic E-state index is 6.33. The van der Waals surface area contributed by atoms with Gasteiger partial charge >= 0.3 is 0 Å². The number of halogens is 1. The molecule has 2 aromatic rings. The molecule has 18 heavy (non-hydrogen) atoms. The molecule has 96 valence electrons. The van der Waals surface area contributed by atoms with Gasteiger partial charge in [0.1, 0.15) is 0 Å². The van der Waals surface area contributed by atoms with Gasteiger partial charge in [0.2, 0.25) is 0 Å². The van der Waals surface area contributed by atoms with E-state index in [9.17, 15) is 0 Å². The Balaban J connectivity index is 2.28. The standard InChI is InChI=1S/C13H15ClN2OS/c1-13(6-3-7-17-8-13)16-11-9(14)4-2-5-10(11)15-12(16)18/h2,4-5H,3,6-8H2,1H3,(H,15,18). The number of imidazole rings is 1. The van der Waals surface area contributed by atoms with Crippen molar-refractivity contribution in [3.8, 4) is 0 Å². The zero-order valence-electron chi connectivity index (χ0n) is 10.2. The van der Waals surface area contributed by atoms with Crippen LogP contribution in [0.5, 0.6) is 0 Å². The van der Waals surface area contributed by atoms with Crippen molar-refractivity contribution in [1.82, 2.24) is 9.55 Å². The zero-order chi connectivity index (χ0) is 12.8. The van der Waals surface area contributed by atoms with Gasteiger partial charge in [-0.3, -0.25) is 0 Å². The summed E-state index contributed by atoms with van der Waals surface area (Å²) >= 11 is 11.8. The first-order valence-corrected chi connectivity index (χ1v) is 6.88. The Bertz CT molecular complexity index is 640. The van der Waals surface area contributed by atoms with Crippen LogP contribution in [0.3, 0.4) is 0 Å². The van der Waals surface area contributed by atoms with E-state index in [0.29, 0.717) is 11.4 Å². The first-order chi connectivity index (χ1) is 8.62. The summed E-state index contributed by atoms with van der Waals surface area (Å²) in [7, 11) is 0. The van der Waals surface area contributed by atoms with Crippen molar-refractivity contribution in [3.05, 3.63) is 28.0 Å². The summed E-state index contributed by atoms with van der Waals surface area (Å²) in [5, 5.41) is 0.728. The van der Waals surface area contributed by atoms with Gasteiger partial charge in [-0.2, -0.15) is 0 Å². The van der Waals surface area contributed by atoms with Crippen LogP contribution in [-0.2, 0) is 10.3 Å². The highest BCUT2D eigenvalue weighted by molar-refractivity contribution is 7.71. The lowest BCUT2D eigenvalue weighted by Crippen LogP contribution is -2.39. The van der Waals surface area contributed by atoms with E-state index in [1.807, 2.05) is 18.2 Å². The van der Waals surface area contributed by atoms with E-state index < -0.39 is 0 Å². The number of nitrogens with one attached hydrogen (secondary N) is 1. The van der Waals surface area contributed by atoms with Crippen molar-refractivity contribution in [1.29, 1.82) is 0 Å². The summed E-state index contributed by atoms with van der Waals surface area (Å²) in [6.07, 6.45) is 2.11. The number of benzene rings is 1. The van der Waals surface area contributed by atoms with Gasteiger partial charge in [-0.05, 0) is 44.1 Å². The molecule has 1 aromatic heterocycles. The van der Waals surface area contributed by atoms with E-state index >= 15 is 0 Å². The molecule has 1 aliphatic heterocycles. The lowest BCUT2D eigenvalue weighted by molar-refractivity contribution is 0.0108. The van der Waals surface area contributed by atoms with Crippen LogP contribution in [0, 0.1) is 4.77 Å². The normalized spacial score (nSPS) is 24.6. The maximum Gasteiger partial charge on any atom is 0.178 e. The van der Waals surface area contributed by atoms with Crippen molar-refractivity contribution < 1.29 is 4.74 Å². The van der Waals surface area contributed by atoms with Crippen molar-refractivity contribution in [2.24, 2.45) is 0 Å². The number of aromatic amines is 1. The molecular formula is C13H15ClN2OS. The number of para-hydroxylation sites is 1. The predicted octanol–water partition coefficient (Wildman–Crippen LogP) is 3.88. The molecule has 0 spiro atoms. The molecule has 0 radical (unpaired) electrons. The molecule has 0 aliphatic carbocycles. The summed E-state index contributed by atoms with van der Waals surface area (Å²) in [4.78, 5) is 3.23. The molecule has 0 saturated carbocycles. The van der Waals surface area contributed by atoms with E-state index in [0.717, 1.165) is 35.5 Å².